The molecule has 22 heavy (non-hydrogen) atoms. The molecular weight excluding hydrogens is 304 g/mol. The van der Waals surface area contributed by atoms with Crippen LogP contribution in [0, 0.1) is 5.92 Å². The summed E-state index contributed by atoms with van der Waals surface area (Å²) in [6, 6.07) is 4.78. The van der Waals surface area contributed by atoms with Gasteiger partial charge in [-0.15, -0.1) is 0 Å². The van der Waals surface area contributed by atoms with Crippen LogP contribution < -0.4 is 15.6 Å². The zero-order valence-corrected chi connectivity index (χ0v) is 13.6. The van der Waals surface area contributed by atoms with E-state index in [1.165, 1.54) is 19.4 Å². The van der Waals surface area contributed by atoms with Gasteiger partial charge in [0.2, 0.25) is 5.91 Å². The van der Waals surface area contributed by atoms with E-state index in [9.17, 15) is 13.2 Å². The third-order valence-corrected chi connectivity index (χ3v) is 4.77. The first kappa shape index (κ1) is 16.5. The Bertz CT molecular complexity index is 697. The first-order chi connectivity index (χ1) is 10.3. The van der Waals surface area contributed by atoms with Crippen LogP contribution in [0.1, 0.15) is 18.9 Å². The molecule has 1 aromatic carbocycles. The van der Waals surface area contributed by atoms with Gasteiger partial charge in [-0.3, -0.25) is 10.2 Å². The summed E-state index contributed by atoms with van der Waals surface area (Å²) >= 11 is 0. The van der Waals surface area contributed by atoms with E-state index >= 15 is 0 Å². The van der Waals surface area contributed by atoms with Crippen molar-refractivity contribution in [1.29, 1.82) is 0 Å². The van der Waals surface area contributed by atoms with Crippen molar-refractivity contribution in [2.75, 3.05) is 13.4 Å². The molecule has 2 atom stereocenters. The van der Waals surface area contributed by atoms with Gasteiger partial charge < -0.3 is 4.74 Å². The number of methoxy groups -OCH3 is 1. The van der Waals surface area contributed by atoms with Crippen LogP contribution in [-0.2, 0) is 14.6 Å². The third kappa shape index (κ3) is 3.86. The van der Waals surface area contributed by atoms with Gasteiger partial charge in [-0.2, -0.15) is 0 Å². The van der Waals surface area contributed by atoms with Crippen LogP contribution in [-0.4, -0.2) is 33.7 Å². The molecule has 0 aromatic heterocycles. The molecule has 7 heteroatoms. The number of hydrazine groups is 1. The van der Waals surface area contributed by atoms with Crippen molar-refractivity contribution >= 4 is 21.8 Å². The molecule has 0 aliphatic carbocycles. The summed E-state index contributed by atoms with van der Waals surface area (Å²) in [5.41, 5.74) is 6.05. The lowest BCUT2D eigenvalue weighted by Crippen LogP contribution is -2.52. The lowest BCUT2D eigenvalue weighted by Gasteiger charge is -2.27. The standard InChI is InChI=1S/C15H20N2O4S/c1-10-8-15(18)17-16-13(10)6-4-11-9-12(21-2)5-7-14(11)22(3,19)20/h4-7,9-10,13,16H,8H2,1-3H3,(H,17,18)/b6-4+. The quantitative estimate of drug-likeness (QED) is 0.868. The maximum absolute atomic E-state index is 11.9. The number of rotatable bonds is 4. The monoisotopic (exact) mass is 324 g/mol. The van der Waals surface area contributed by atoms with E-state index in [1.807, 2.05) is 13.0 Å². The summed E-state index contributed by atoms with van der Waals surface area (Å²) in [6.07, 6.45) is 5.20. The second kappa shape index (κ2) is 6.50. The minimum Gasteiger partial charge on any atom is -0.497 e. The van der Waals surface area contributed by atoms with E-state index in [-0.39, 0.29) is 22.8 Å². The molecule has 1 aromatic rings. The van der Waals surface area contributed by atoms with Crippen LogP contribution in [0.25, 0.3) is 6.08 Å². The van der Waals surface area contributed by atoms with Gasteiger partial charge in [0.15, 0.2) is 9.84 Å². The summed E-state index contributed by atoms with van der Waals surface area (Å²) in [5.74, 6) is 0.664. The van der Waals surface area contributed by atoms with Gasteiger partial charge >= 0.3 is 0 Å². The molecule has 0 spiro atoms. The predicted molar refractivity (Wildman–Crippen MR) is 84.0 cm³/mol. The molecule has 2 unspecified atom stereocenters. The van der Waals surface area contributed by atoms with E-state index in [1.54, 1.807) is 18.2 Å². The molecule has 1 fully saturated rings. The minimum absolute atomic E-state index is 0.0460. The van der Waals surface area contributed by atoms with E-state index in [2.05, 4.69) is 10.9 Å². The maximum Gasteiger partial charge on any atom is 0.234 e. The number of carbonyl (C=O) groups is 1. The van der Waals surface area contributed by atoms with Gasteiger partial charge in [0, 0.05) is 18.7 Å². The number of nitrogens with one attached hydrogen (secondary N) is 2. The Morgan fingerprint density at radius 2 is 2.09 bits per heavy atom. The van der Waals surface area contributed by atoms with Crippen molar-refractivity contribution in [2.45, 2.75) is 24.3 Å². The van der Waals surface area contributed by atoms with Crippen LogP contribution in [0.15, 0.2) is 29.2 Å². The first-order valence-corrected chi connectivity index (χ1v) is 8.81. The third-order valence-electron chi connectivity index (χ3n) is 3.60. The van der Waals surface area contributed by atoms with Crippen LogP contribution in [0.5, 0.6) is 5.75 Å². The minimum atomic E-state index is -3.33. The zero-order valence-electron chi connectivity index (χ0n) is 12.8. The number of hydrogen-bond donors (Lipinski definition) is 2. The van der Waals surface area contributed by atoms with Crippen molar-refractivity contribution < 1.29 is 17.9 Å². The average molecular weight is 324 g/mol. The van der Waals surface area contributed by atoms with Crippen molar-refractivity contribution in [3.05, 3.63) is 29.8 Å². The number of amides is 1. The Labute approximate surface area is 130 Å². The zero-order chi connectivity index (χ0) is 16.3. The number of benzene rings is 1. The summed E-state index contributed by atoms with van der Waals surface area (Å²) in [5, 5.41) is 0. The molecule has 120 valence electrons. The fourth-order valence-electron chi connectivity index (χ4n) is 2.34. The average Bonchev–Trinajstić information content (AvgIpc) is 2.45. The summed E-state index contributed by atoms with van der Waals surface area (Å²) in [4.78, 5) is 11.5. The SMILES string of the molecule is COc1ccc(S(C)(=O)=O)c(/C=C/C2NNC(=O)CC2C)c1. The van der Waals surface area contributed by atoms with Crippen molar-refractivity contribution in [1.82, 2.24) is 10.9 Å². The second-order valence-electron chi connectivity index (χ2n) is 5.43. The molecule has 2 rings (SSSR count). The summed E-state index contributed by atoms with van der Waals surface area (Å²) in [6.45, 7) is 1.96. The molecule has 1 aliphatic heterocycles. The predicted octanol–water partition coefficient (Wildman–Crippen LogP) is 1.14. The Morgan fingerprint density at radius 1 is 1.36 bits per heavy atom. The molecule has 0 radical (unpaired) electrons. The first-order valence-electron chi connectivity index (χ1n) is 6.92. The highest BCUT2D eigenvalue weighted by Crippen LogP contribution is 2.24. The summed E-state index contributed by atoms with van der Waals surface area (Å²) in [7, 11) is -1.80. The van der Waals surface area contributed by atoms with Crippen molar-refractivity contribution in [2.24, 2.45) is 5.92 Å². The Hall–Kier alpha value is -1.86. The highest BCUT2D eigenvalue weighted by molar-refractivity contribution is 7.90. The van der Waals surface area contributed by atoms with Crippen LogP contribution in [0.2, 0.25) is 0 Å². The van der Waals surface area contributed by atoms with E-state index in [4.69, 9.17) is 4.74 Å². The number of carbonyl (C=O) groups excluding carboxylic acids is 1. The van der Waals surface area contributed by atoms with Crippen LogP contribution >= 0.6 is 0 Å². The van der Waals surface area contributed by atoms with Crippen molar-refractivity contribution in [3.8, 4) is 5.75 Å². The van der Waals surface area contributed by atoms with Crippen molar-refractivity contribution in [3.63, 3.8) is 0 Å². The number of sulfone groups is 1. The molecule has 0 saturated carbocycles. The van der Waals surface area contributed by atoms with Crippen LogP contribution in [0.3, 0.4) is 0 Å². The van der Waals surface area contributed by atoms with E-state index in [0.29, 0.717) is 17.7 Å². The van der Waals surface area contributed by atoms with E-state index in [0.717, 1.165) is 0 Å². The van der Waals surface area contributed by atoms with Gasteiger partial charge in [0.25, 0.3) is 0 Å². The molecule has 1 heterocycles. The number of hydrogen-bond acceptors (Lipinski definition) is 5. The molecule has 6 nitrogen and oxygen atoms in total. The lowest BCUT2D eigenvalue weighted by atomic mass is 9.96. The van der Waals surface area contributed by atoms with E-state index < -0.39 is 9.84 Å². The Morgan fingerprint density at radius 3 is 2.68 bits per heavy atom. The molecule has 1 aliphatic rings. The molecule has 1 amide bonds. The highest BCUT2D eigenvalue weighted by Gasteiger charge is 2.23. The smallest absolute Gasteiger partial charge is 0.234 e. The largest absolute Gasteiger partial charge is 0.497 e. The molecule has 0 bridgehead atoms. The topological polar surface area (TPSA) is 84.5 Å². The van der Waals surface area contributed by atoms with Gasteiger partial charge in [-0.05, 0) is 29.7 Å². The highest BCUT2D eigenvalue weighted by atomic mass is 32.2. The van der Waals surface area contributed by atoms with Gasteiger partial charge in [0.1, 0.15) is 5.75 Å². The molecule has 1 saturated heterocycles. The lowest BCUT2D eigenvalue weighted by molar-refractivity contribution is -0.125. The van der Waals surface area contributed by atoms with Crippen LogP contribution in [0.4, 0.5) is 0 Å². The fourth-order valence-corrected chi connectivity index (χ4v) is 3.21. The van der Waals surface area contributed by atoms with Gasteiger partial charge in [-0.1, -0.05) is 19.1 Å². The summed E-state index contributed by atoms with van der Waals surface area (Å²) < 4.78 is 28.9. The fraction of sp³-hybridized carbons (Fsp3) is 0.400. The van der Waals surface area contributed by atoms with Gasteiger partial charge in [-0.25, -0.2) is 13.8 Å². The Balaban J connectivity index is 2.31. The maximum atomic E-state index is 11.9. The Kier molecular flexibility index (Phi) is 4.87. The van der Waals surface area contributed by atoms with Gasteiger partial charge in [0.05, 0.1) is 12.0 Å². The molecular formula is C15H20N2O4S. The molecule has 2 N–H and O–H groups in total. The second-order valence-corrected chi connectivity index (χ2v) is 7.42. The number of ether oxygens (including phenoxy) is 1. The normalized spacial score (nSPS) is 22.6.